The second-order valence-corrected chi connectivity index (χ2v) is 0.707. The molecular formula is C25H78. The summed E-state index contributed by atoms with van der Waals surface area (Å²) in [5.74, 6) is 0. The third-order valence-electron chi connectivity index (χ3n) is 0. The number of rotatable bonds is 0. The topological polar surface area (TPSA) is 0 Å². The van der Waals surface area contributed by atoms with Crippen LogP contribution in [0.15, 0.2) is 0 Å². The van der Waals surface area contributed by atoms with Crippen molar-refractivity contribution in [1.29, 1.82) is 0 Å². The van der Waals surface area contributed by atoms with Crippen molar-refractivity contribution in [3.63, 3.8) is 0 Å². The Balaban J connectivity index is -0.00000000442. The maximum absolute atomic E-state index is 2.12. The van der Waals surface area contributed by atoms with Gasteiger partial charge in [-0.15, -0.1) is 0 Å². The smallest absolute Gasteiger partial charge is 0.0590 e. The molecule has 0 N–H and O–H groups in total. The van der Waals surface area contributed by atoms with Crippen molar-refractivity contribution in [1.82, 2.24) is 0 Å². The molecule has 0 saturated heterocycles. The Morgan fingerprint density at radius 1 is 0.240 bits per heavy atom. The monoisotopic (exact) mass is 379 g/mol. The Kier molecular flexibility index (Phi) is 60400. The van der Waals surface area contributed by atoms with Crippen LogP contribution in [0.25, 0.3) is 0 Å². The average molecular weight is 379 g/mol. The summed E-state index contributed by atoms with van der Waals surface area (Å²) in [5.41, 5.74) is 0. The Morgan fingerprint density at radius 2 is 0.240 bits per heavy atom. The predicted molar refractivity (Wildman–Crippen MR) is 145 cm³/mol. The molecule has 0 fully saturated rings. The lowest BCUT2D eigenvalue weighted by atomic mass is 10.6. The maximum atomic E-state index is 2.12. The van der Waals surface area contributed by atoms with E-state index in [-0.39, 0.29) is 29.7 Å². The van der Waals surface area contributed by atoms with E-state index in [4.69, 9.17) is 0 Å². The highest BCUT2D eigenvalue weighted by Gasteiger charge is 1.35. The fourth-order valence-corrected chi connectivity index (χ4v) is 0. The highest BCUT2D eigenvalue weighted by molar-refractivity contribution is 3.92. The van der Waals surface area contributed by atoms with Crippen LogP contribution in [-0.4, -0.2) is 0 Å². The van der Waals surface area contributed by atoms with Gasteiger partial charge in [-0.1, -0.05) is 175 Å². The van der Waals surface area contributed by atoms with Crippen LogP contribution in [0.1, 0.15) is 175 Å². The summed E-state index contributed by atoms with van der Waals surface area (Å²) in [6.07, 6.45) is 1.25. The van der Waals surface area contributed by atoms with E-state index in [9.17, 15) is 0 Å². The number of hydrogen-bond acceptors (Lipinski definition) is 0. The van der Waals surface area contributed by atoms with E-state index in [1.807, 2.05) is 125 Å². The summed E-state index contributed by atoms with van der Waals surface area (Å²) < 4.78 is 0. The molecule has 25 heavy (non-hydrogen) atoms. The molecule has 0 aromatic rings. The van der Waals surface area contributed by atoms with Gasteiger partial charge in [0.15, 0.2) is 0 Å². The van der Waals surface area contributed by atoms with Gasteiger partial charge < -0.3 is 0 Å². The molecule has 0 aromatic carbocycles. The van der Waals surface area contributed by atoms with Gasteiger partial charge in [0.1, 0.15) is 0 Å². The standard InChI is InChI=1S/C3H8.9C2H6.4CH4/c1-3-2;9*1-2;;;;/h3H2,1-2H3;9*1-2H3;4*1H4. The van der Waals surface area contributed by atoms with Gasteiger partial charge in [0, 0.05) is 0 Å². The van der Waals surface area contributed by atoms with Gasteiger partial charge in [-0.3, -0.25) is 0 Å². The van der Waals surface area contributed by atoms with E-state index in [0.29, 0.717) is 0 Å². The normalized spacial score (nSPS) is 2.88. The largest absolute Gasteiger partial charge is 0.0776 e. The zero-order valence-corrected chi connectivity index (χ0v) is 20.7. The zero-order chi connectivity index (χ0) is 20.7. The van der Waals surface area contributed by atoms with Gasteiger partial charge >= 0.3 is 0 Å². The molecule has 0 aromatic heterocycles. The van der Waals surface area contributed by atoms with Crippen LogP contribution in [0.5, 0.6) is 0 Å². The summed E-state index contributed by atoms with van der Waals surface area (Å²) in [5, 5.41) is 0. The van der Waals surface area contributed by atoms with Gasteiger partial charge in [-0.25, -0.2) is 0 Å². The molecule has 0 nitrogen and oxygen atoms in total. The van der Waals surface area contributed by atoms with Crippen molar-refractivity contribution in [2.45, 2.75) is 175 Å². The quantitative estimate of drug-likeness (QED) is 0.393. The first-order chi connectivity index (χ1) is 10.4. The minimum atomic E-state index is 0. The van der Waals surface area contributed by atoms with Crippen LogP contribution in [0.4, 0.5) is 0 Å². The minimum absolute atomic E-state index is 0. The van der Waals surface area contributed by atoms with Gasteiger partial charge in [-0.2, -0.15) is 0 Å². The number of hydrogen-bond donors (Lipinski definition) is 0. The SMILES string of the molecule is C.C.C.C.CC.CC.CC.CC.CC.CC.CC.CC.CC.CCC. The van der Waals surface area contributed by atoms with Crippen molar-refractivity contribution >= 4 is 0 Å². The van der Waals surface area contributed by atoms with E-state index < -0.39 is 0 Å². The molecule has 0 spiro atoms. The summed E-state index contributed by atoms with van der Waals surface area (Å²) in [6, 6.07) is 0. The van der Waals surface area contributed by atoms with Crippen molar-refractivity contribution < 1.29 is 0 Å². The Morgan fingerprint density at radius 3 is 0.240 bits per heavy atom. The molecule has 0 aliphatic rings. The van der Waals surface area contributed by atoms with E-state index >= 15 is 0 Å². The van der Waals surface area contributed by atoms with E-state index in [2.05, 4.69) is 13.8 Å². The lowest BCUT2D eigenvalue weighted by Crippen LogP contribution is -1.27. The minimum Gasteiger partial charge on any atom is -0.0776 e. The predicted octanol–water partition coefficient (Wildman–Crippen LogP) is 13.2. The van der Waals surface area contributed by atoms with Crippen molar-refractivity contribution in [3.8, 4) is 0 Å². The van der Waals surface area contributed by atoms with Gasteiger partial charge in [0.25, 0.3) is 0 Å². The average Bonchev–Trinajstić information content (AvgIpc) is 2.70. The fraction of sp³-hybridized carbons (Fsp3) is 1.00. The summed E-state index contributed by atoms with van der Waals surface area (Å²) in [4.78, 5) is 0. The summed E-state index contributed by atoms with van der Waals surface area (Å²) >= 11 is 0. The van der Waals surface area contributed by atoms with Gasteiger partial charge in [-0.05, 0) is 0 Å². The Hall–Kier alpha value is 0. The molecule has 0 aliphatic heterocycles. The molecule has 0 heteroatoms. The van der Waals surface area contributed by atoms with Crippen molar-refractivity contribution in [3.05, 3.63) is 0 Å². The molecule has 0 rings (SSSR count). The van der Waals surface area contributed by atoms with Crippen LogP contribution < -0.4 is 0 Å². The Bertz CT molecular complexity index is 0. The van der Waals surface area contributed by atoms with Gasteiger partial charge in [0.05, 0.1) is 0 Å². The van der Waals surface area contributed by atoms with Crippen molar-refractivity contribution in [2.75, 3.05) is 0 Å². The molecule has 0 bridgehead atoms. The van der Waals surface area contributed by atoms with E-state index in [1.165, 1.54) is 6.42 Å². The Labute approximate surface area is 175 Å². The summed E-state index contributed by atoms with van der Waals surface area (Å²) in [6.45, 7) is 40.2. The third-order valence-corrected chi connectivity index (χ3v) is 0. The molecular weight excluding hydrogens is 300 g/mol. The highest BCUT2D eigenvalue weighted by Crippen LogP contribution is 1.56. The van der Waals surface area contributed by atoms with Crippen LogP contribution in [0.3, 0.4) is 0 Å². The zero-order valence-electron chi connectivity index (χ0n) is 20.7. The second kappa shape index (κ2) is 12700. The van der Waals surface area contributed by atoms with Crippen LogP contribution in [0.2, 0.25) is 0 Å². The third kappa shape index (κ3) is 0. The van der Waals surface area contributed by atoms with Crippen LogP contribution in [-0.2, 0) is 0 Å². The lowest BCUT2D eigenvalue weighted by molar-refractivity contribution is 1.09. The summed E-state index contributed by atoms with van der Waals surface area (Å²) in [7, 11) is 0. The van der Waals surface area contributed by atoms with Crippen molar-refractivity contribution in [2.24, 2.45) is 0 Å². The molecule has 0 amide bonds. The molecule has 0 radical (unpaired) electrons. The van der Waals surface area contributed by atoms with Crippen LogP contribution >= 0.6 is 0 Å². The first-order valence-electron chi connectivity index (χ1n) is 10.4. The lowest BCUT2D eigenvalue weighted by Gasteiger charge is -1.48. The molecule has 0 atom stereocenters. The molecule has 0 saturated carbocycles. The fourth-order valence-electron chi connectivity index (χ4n) is 0. The second-order valence-electron chi connectivity index (χ2n) is 0.707. The molecule has 178 valence electrons. The van der Waals surface area contributed by atoms with E-state index in [1.54, 1.807) is 0 Å². The van der Waals surface area contributed by atoms with Crippen LogP contribution in [0, 0.1) is 0 Å². The van der Waals surface area contributed by atoms with E-state index in [0.717, 1.165) is 0 Å². The molecule has 0 heterocycles. The maximum Gasteiger partial charge on any atom is -0.0590 e. The van der Waals surface area contributed by atoms with Gasteiger partial charge in [0.2, 0.25) is 0 Å². The highest BCUT2D eigenvalue weighted by atomic mass is 13.4. The molecule has 0 unspecified atom stereocenters. The first-order valence-corrected chi connectivity index (χ1v) is 10.4. The molecule has 0 aliphatic carbocycles. The first kappa shape index (κ1) is 119.